The molecule has 1 aliphatic carbocycles. The summed E-state index contributed by atoms with van der Waals surface area (Å²) in [5.74, 6) is 7.84. The van der Waals surface area contributed by atoms with Crippen LogP contribution in [0.15, 0.2) is 41.5 Å². The van der Waals surface area contributed by atoms with Crippen LogP contribution in [-0.4, -0.2) is 10.1 Å². The molecule has 0 aliphatic heterocycles. The number of isothiocyanates is 1. The maximum atomic E-state index is 6.21. The topological polar surface area (TPSA) is 25.2 Å². The molecule has 1 heterocycles. The van der Waals surface area contributed by atoms with Crippen LogP contribution in [0.3, 0.4) is 0 Å². The Kier molecular flexibility index (Phi) is 7.80. The van der Waals surface area contributed by atoms with Crippen LogP contribution in [-0.2, 0) is 0 Å². The highest BCUT2D eigenvalue weighted by atomic mass is 35.5. The van der Waals surface area contributed by atoms with Gasteiger partial charge in [-0.15, -0.1) is 0 Å². The van der Waals surface area contributed by atoms with Gasteiger partial charge in [-0.3, -0.25) is 0 Å². The quantitative estimate of drug-likeness (QED) is 0.294. The number of hydrogen-bond acceptors (Lipinski definition) is 3. The molecule has 28 heavy (non-hydrogen) atoms. The molecular formula is C24H25ClN2S. The summed E-state index contributed by atoms with van der Waals surface area (Å²) in [6, 6.07) is 10.4. The van der Waals surface area contributed by atoms with Gasteiger partial charge in [-0.2, -0.15) is 4.99 Å². The van der Waals surface area contributed by atoms with Gasteiger partial charge < -0.3 is 0 Å². The number of unbranched alkanes of at least 4 members (excludes halogenated alkanes) is 1. The van der Waals surface area contributed by atoms with Crippen molar-refractivity contribution < 1.29 is 0 Å². The van der Waals surface area contributed by atoms with Gasteiger partial charge in [0, 0.05) is 5.56 Å². The zero-order valence-corrected chi connectivity index (χ0v) is 17.8. The normalized spacial score (nSPS) is 18.6. The molecule has 1 aromatic carbocycles. The van der Waals surface area contributed by atoms with Gasteiger partial charge in [-0.05, 0) is 79.4 Å². The minimum Gasteiger partial charge on any atom is -0.244 e. The average molecular weight is 409 g/mol. The summed E-state index contributed by atoms with van der Waals surface area (Å²) in [7, 11) is 0. The highest BCUT2D eigenvalue weighted by molar-refractivity contribution is 7.78. The summed E-state index contributed by atoms with van der Waals surface area (Å²) in [6.45, 7) is 2.28. The largest absolute Gasteiger partial charge is 0.244 e. The Hall–Kier alpha value is -1.98. The molecular weight excluding hydrogens is 384 g/mol. The van der Waals surface area contributed by atoms with Crippen molar-refractivity contribution in [3.05, 3.63) is 58.4 Å². The van der Waals surface area contributed by atoms with E-state index in [4.69, 9.17) is 11.6 Å². The van der Waals surface area contributed by atoms with E-state index in [1.807, 2.05) is 0 Å². The van der Waals surface area contributed by atoms with Crippen LogP contribution in [0.1, 0.15) is 74.6 Å². The molecule has 2 aromatic rings. The minimum absolute atomic E-state index is 0.468. The fraction of sp³-hybridized carbons (Fsp3) is 0.417. The summed E-state index contributed by atoms with van der Waals surface area (Å²) in [4.78, 5) is 8.12. The molecule has 0 radical (unpaired) electrons. The molecule has 1 aromatic heterocycles. The van der Waals surface area contributed by atoms with Crippen molar-refractivity contribution in [2.75, 3.05) is 0 Å². The van der Waals surface area contributed by atoms with E-state index in [2.05, 4.69) is 70.4 Å². The Balaban J connectivity index is 1.61. The SMILES string of the molecule is CCCCC1CCC(c2ccc(C#Cc3ncc(N=C=S)cc3Cl)cc2)CC1. The summed E-state index contributed by atoms with van der Waals surface area (Å²) in [6.07, 6.45) is 11.1. The molecule has 1 saturated carbocycles. The predicted molar refractivity (Wildman–Crippen MR) is 121 cm³/mol. The Bertz CT molecular complexity index is 896. The van der Waals surface area contributed by atoms with E-state index in [1.54, 1.807) is 12.3 Å². The molecule has 0 atom stereocenters. The van der Waals surface area contributed by atoms with Gasteiger partial charge >= 0.3 is 0 Å². The van der Waals surface area contributed by atoms with Crippen molar-refractivity contribution in [1.82, 2.24) is 4.98 Å². The van der Waals surface area contributed by atoms with Gasteiger partial charge in [-0.25, -0.2) is 4.98 Å². The summed E-state index contributed by atoms with van der Waals surface area (Å²) in [5, 5.41) is 2.77. The number of benzene rings is 1. The second kappa shape index (κ2) is 10.5. The highest BCUT2D eigenvalue weighted by Gasteiger charge is 2.21. The van der Waals surface area contributed by atoms with Crippen molar-refractivity contribution in [2.45, 2.75) is 57.8 Å². The van der Waals surface area contributed by atoms with Crippen LogP contribution in [0.2, 0.25) is 5.02 Å². The van der Waals surface area contributed by atoms with Crippen LogP contribution in [0, 0.1) is 17.8 Å². The number of aromatic nitrogens is 1. The molecule has 0 bridgehead atoms. The molecule has 0 amide bonds. The first kappa shape index (κ1) is 20.7. The van der Waals surface area contributed by atoms with E-state index in [9.17, 15) is 0 Å². The highest BCUT2D eigenvalue weighted by Crippen LogP contribution is 2.37. The van der Waals surface area contributed by atoms with Crippen LogP contribution >= 0.6 is 23.8 Å². The lowest BCUT2D eigenvalue weighted by Gasteiger charge is -2.28. The van der Waals surface area contributed by atoms with Gasteiger partial charge in [0.05, 0.1) is 22.1 Å². The molecule has 0 saturated heterocycles. The average Bonchev–Trinajstić information content (AvgIpc) is 2.73. The predicted octanol–water partition coefficient (Wildman–Crippen LogP) is 7.33. The minimum atomic E-state index is 0.468. The third-order valence-electron chi connectivity index (χ3n) is 5.52. The summed E-state index contributed by atoms with van der Waals surface area (Å²) >= 11 is 10.8. The van der Waals surface area contributed by atoms with Crippen molar-refractivity contribution in [3.8, 4) is 11.8 Å². The van der Waals surface area contributed by atoms with Gasteiger partial charge in [-0.1, -0.05) is 55.8 Å². The van der Waals surface area contributed by atoms with Crippen molar-refractivity contribution in [2.24, 2.45) is 10.9 Å². The van der Waals surface area contributed by atoms with E-state index >= 15 is 0 Å². The number of pyridine rings is 1. The zero-order chi connectivity index (χ0) is 19.8. The first-order valence-electron chi connectivity index (χ1n) is 10.0. The molecule has 144 valence electrons. The maximum absolute atomic E-state index is 6.21. The Morgan fingerprint density at radius 3 is 2.54 bits per heavy atom. The lowest BCUT2D eigenvalue weighted by molar-refractivity contribution is 0.304. The van der Waals surface area contributed by atoms with Gasteiger partial charge in [0.15, 0.2) is 0 Å². The fourth-order valence-corrected chi connectivity index (χ4v) is 4.19. The standard InChI is InChI=1S/C24H25ClN2S/c1-2-3-4-18-5-10-20(11-6-18)21-12-7-19(8-13-21)9-14-24-23(25)15-22(16-26-24)27-17-28/h7-8,12-13,15-16,18,20H,2-6,10-11H2,1H3. The summed E-state index contributed by atoms with van der Waals surface area (Å²) in [5.41, 5.74) is 3.54. The number of rotatable bonds is 5. The third kappa shape index (κ3) is 5.76. The molecule has 3 rings (SSSR count). The Morgan fingerprint density at radius 2 is 1.89 bits per heavy atom. The first-order chi connectivity index (χ1) is 13.7. The third-order valence-corrected chi connectivity index (χ3v) is 5.90. The monoisotopic (exact) mass is 408 g/mol. The van der Waals surface area contributed by atoms with Crippen LogP contribution in [0.5, 0.6) is 0 Å². The molecule has 4 heteroatoms. The molecule has 1 aliphatic rings. The van der Waals surface area contributed by atoms with E-state index in [1.165, 1.54) is 50.5 Å². The Labute approximate surface area is 178 Å². The van der Waals surface area contributed by atoms with Crippen LogP contribution < -0.4 is 0 Å². The molecule has 1 fully saturated rings. The number of thiocarbonyl (C=S) groups is 1. The second-order valence-electron chi connectivity index (χ2n) is 7.46. The van der Waals surface area contributed by atoms with Crippen LogP contribution in [0.25, 0.3) is 0 Å². The fourth-order valence-electron chi connectivity index (χ4n) is 3.88. The zero-order valence-electron chi connectivity index (χ0n) is 16.2. The van der Waals surface area contributed by atoms with Crippen molar-refractivity contribution in [3.63, 3.8) is 0 Å². The van der Waals surface area contributed by atoms with Gasteiger partial charge in [0.2, 0.25) is 0 Å². The second-order valence-corrected chi connectivity index (χ2v) is 8.05. The van der Waals surface area contributed by atoms with E-state index in [0.717, 1.165) is 11.5 Å². The molecule has 0 spiro atoms. The van der Waals surface area contributed by atoms with E-state index < -0.39 is 0 Å². The first-order valence-corrected chi connectivity index (χ1v) is 10.8. The summed E-state index contributed by atoms with van der Waals surface area (Å²) < 4.78 is 0. The molecule has 2 nitrogen and oxygen atoms in total. The van der Waals surface area contributed by atoms with Gasteiger partial charge in [0.1, 0.15) is 5.69 Å². The molecule has 0 unspecified atom stereocenters. The lowest BCUT2D eigenvalue weighted by Crippen LogP contribution is -2.13. The smallest absolute Gasteiger partial charge is 0.132 e. The van der Waals surface area contributed by atoms with E-state index in [-0.39, 0.29) is 0 Å². The van der Waals surface area contributed by atoms with Crippen molar-refractivity contribution >= 4 is 34.7 Å². The lowest BCUT2D eigenvalue weighted by atomic mass is 9.77. The number of halogens is 1. The maximum Gasteiger partial charge on any atom is 0.132 e. The Morgan fingerprint density at radius 1 is 1.14 bits per heavy atom. The van der Waals surface area contributed by atoms with E-state index in [0.29, 0.717) is 22.3 Å². The molecule has 0 N–H and O–H groups in total. The number of aliphatic imine (C=N–C) groups is 1. The van der Waals surface area contributed by atoms with Crippen LogP contribution in [0.4, 0.5) is 5.69 Å². The van der Waals surface area contributed by atoms with Crippen molar-refractivity contribution in [1.29, 1.82) is 0 Å². The van der Waals surface area contributed by atoms with Gasteiger partial charge in [0.25, 0.3) is 0 Å². The number of nitrogens with zero attached hydrogens (tertiary/aromatic N) is 2. The number of hydrogen-bond donors (Lipinski definition) is 0.